The summed E-state index contributed by atoms with van der Waals surface area (Å²) in [5.74, 6) is 0.301. The number of ketones is 1. The van der Waals surface area contributed by atoms with Crippen LogP contribution in [-0.2, 0) is 11.3 Å². The largest absolute Gasteiger partial charge is 0.497 e. The molecule has 0 aliphatic carbocycles. The van der Waals surface area contributed by atoms with Crippen LogP contribution in [-0.4, -0.2) is 29.6 Å². The van der Waals surface area contributed by atoms with E-state index in [4.69, 9.17) is 4.74 Å². The normalized spacial score (nSPS) is 13.4. The van der Waals surface area contributed by atoms with Crippen molar-refractivity contribution in [2.75, 3.05) is 12.4 Å². The maximum absolute atomic E-state index is 13.1. The van der Waals surface area contributed by atoms with Gasteiger partial charge in [-0.15, -0.1) is 0 Å². The summed E-state index contributed by atoms with van der Waals surface area (Å²) in [5, 5.41) is 2.87. The Labute approximate surface area is 186 Å². The number of fused-ring (bicyclic) bond motifs is 1. The van der Waals surface area contributed by atoms with Gasteiger partial charge in [0.25, 0.3) is 5.91 Å². The van der Waals surface area contributed by atoms with Crippen LogP contribution < -0.4 is 10.1 Å². The SMILES string of the molecule is COc1ccc([C@@H](CC(=O)Nc2cccc(C(C)=O)c2)N2Cc3ccccc3C2=O)cc1. The molecule has 1 heterocycles. The molecule has 0 aromatic heterocycles. The Balaban J connectivity index is 1.59. The van der Waals surface area contributed by atoms with E-state index < -0.39 is 6.04 Å². The zero-order chi connectivity index (χ0) is 22.7. The molecule has 0 bridgehead atoms. The zero-order valence-electron chi connectivity index (χ0n) is 18.0. The molecule has 0 fully saturated rings. The Hall–Kier alpha value is -3.93. The molecule has 1 aliphatic rings. The first-order chi connectivity index (χ1) is 15.5. The number of anilines is 1. The molecule has 0 unspecified atom stereocenters. The number of hydrogen-bond acceptors (Lipinski definition) is 4. The monoisotopic (exact) mass is 428 g/mol. The highest BCUT2D eigenvalue weighted by Gasteiger charge is 2.34. The zero-order valence-corrected chi connectivity index (χ0v) is 18.0. The molecule has 3 aromatic carbocycles. The third-order valence-corrected chi connectivity index (χ3v) is 5.66. The van der Waals surface area contributed by atoms with Crippen LogP contribution in [0.25, 0.3) is 0 Å². The summed E-state index contributed by atoms with van der Waals surface area (Å²) >= 11 is 0. The van der Waals surface area contributed by atoms with E-state index in [1.807, 2.05) is 48.5 Å². The highest BCUT2D eigenvalue weighted by atomic mass is 16.5. The van der Waals surface area contributed by atoms with Gasteiger partial charge in [-0.2, -0.15) is 0 Å². The molecular formula is C26H24N2O4. The van der Waals surface area contributed by atoms with Crippen molar-refractivity contribution in [2.45, 2.75) is 25.9 Å². The van der Waals surface area contributed by atoms with Crippen LogP contribution in [0.3, 0.4) is 0 Å². The molecule has 4 rings (SSSR count). The van der Waals surface area contributed by atoms with E-state index >= 15 is 0 Å². The van der Waals surface area contributed by atoms with Crippen LogP contribution in [0.2, 0.25) is 0 Å². The first-order valence-electron chi connectivity index (χ1n) is 10.4. The Morgan fingerprint density at radius 1 is 1.03 bits per heavy atom. The van der Waals surface area contributed by atoms with Gasteiger partial charge in [0, 0.05) is 23.4 Å². The number of carbonyl (C=O) groups is 3. The summed E-state index contributed by atoms with van der Waals surface area (Å²) in [6.07, 6.45) is 0.0797. The van der Waals surface area contributed by atoms with Gasteiger partial charge in [-0.05, 0) is 48.4 Å². The minimum absolute atomic E-state index is 0.0716. The lowest BCUT2D eigenvalue weighted by Gasteiger charge is -2.28. The number of benzene rings is 3. The molecule has 1 N–H and O–H groups in total. The van der Waals surface area contributed by atoms with Crippen molar-refractivity contribution < 1.29 is 19.1 Å². The molecule has 0 saturated carbocycles. The fourth-order valence-electron chi connectivity index (χ4n) is 3.97. The summed E-state index contributed by atoms with van der Waals surface area (Å²) in [5.41, 5.74) is 3.54. The van der Waals surface area contributed by atoms with Crippen LogP contribution in [0.1, 0.15) is 51.2 Å². The highest BCUT2D eigenvalue weighted by molar-refractivity contribution is 6.00. The van der Waals surface area contributed by atoms with E-state index in [1.165, 1.54) is 6.92 Å². The van der Waals surface area contributed by atoms with Crippen molar-refractivity contribution in [2.24, 2.45) is 0 Å². The van der Waals surface area contributed by atoms with Gasteiger partial charge in [-0.3, -0.25) is 14.4 Å². The molecule has 1 aliphatic heterocycles. The van der Waals surface area contributed by atoms with E-state index in [0.29, 0.717) is 29.1 Å². The predicted octanol–water partition coefficient (Wildman–Crippen LogP) is 4.62. The second-order valence-corrected chi connectivity index (χ2v) is 7.77. The molecule has 0 spiro atoms. The topological polar surface area (TPSA) is 75.7 Å². The quantitative estimate of drug-likeness (QED) is 0.557. The van der Waals surface area contributed by atoms with Crippen molar-refractivity contribution in [3.8, 4) is 5.75 Å². The van der Waals surface area contributed by atoms with Crippen LogP contribution in [0.4, 0.5) is 5.69 Å². The Bertz CT molecular complexity index is 1170. The Kier molecular flexibility index (Phi) is 6.03. The van der Waals surface area contributed by atoms with Crippen molar-refractivity contribution in [1.29, 1.82) is 0 Å². The Morgan fingerprint density at radius 2 is 1.78 bits per heavy atom. The number of nitrogens with one attached hydrogen (secondary N) is 1. The van der Waals surface area contributed by atoms with Gasteiger partial charge in [0.2, 0.25) is 5.91 Å². The van der Waals surface area contributed by atoms with Crippen molar-refractivity contribution in [1.82, 2.24) is 4.90 Å². The molecule has 2 amide bonds. The van der Waals surface area contributed by atoms with Gasteiger partial charge in [0.05, 0.1) is 19.6 Å². The second-order valence-electron chi connectivity index (χ2n) is 7.77. The smallest absolute Gasteiger partial charge is 0.255 e. The number of amides is 2. The van der Waals surface area contributed by atoms with Gasteiger partial charge in [0.15, 0.2) is 5.78 Å². The molecule has 6 heteroatoms. The summed E-state index contributed by atoms with van der Waals surface area (Å²) in [7, 11) is 1.59. The maximum atomic E-state index is 13.1. The standard InChI is InChI=1S/C26H24N2O4/c1-17(29)19-7-5-8-21(14-19)27-25(30)15-24(18-10-12-22(32-2)13-11-18)28-16-20-6-3-4-9-23(20)26(28)31/h3-14,24H,15-16H2,1-2H3,(H,27,30)/t24-/m1/s1. The minimum atomic E-state index is -0.447. The lowest BCUT2D eigenvalue weighted by atomic mass is 10.0. The van der Waals surface area contributed by atoms with Gasteiger partial charge >= 0.3 is 0 Å². The fraction of sp³-hybridized carbons (Fsp3) is 0.192. The number of Topliss-reactive ketones (excluding diaryl/α,β-unsaturated/α-hetero) is 1. The average Bonchev–Trinajstić information content (AvgIpc) is 3.14. The number of methoxy groups -OCH3 is 1. The van der Waals surface area contributed by atoms with E-state index in [-0.39, 0.29) is 24.0 Å². The number of nitrogens with zero attached hydrogens (tertiary/aromatic N) is 1. The molecule has 6 nitrogen and oxygen atoms in total. The van der Waals surface area contributed by atoms with E-state index in [2.05, 4.69) is 5.32 Å². The summed E-state index contributed by atoms with van der Waals surface area (Å²) in [6, 6.07) is 21.3. The number of rotatable bonds is 7. The molecule has 32 heavy (non-hydrogen) atoms. The van der Waals surface area contributed by atoms with Crippen LogP contribution in [0.15, 0.2) is 72.8 Å². The number of ether oxygens (including phenoxy) is 1. The second kappa shape index (κ2) is 9.06. The summed E-state index contributed by atoms with van der Waals surface area (Å²) < 4.78 is 5.25. The first kappa shape index (κ1) is 21.3. The Morgan fingerprint density at radius 3 is 2.47 bits per heavy atom. The van der Waals surface area contributed by atoms with Crippen molar-refractivity contribution >= 4 is 23.3 Å². The summed E-state index contributed by atoms with van der Waals surface area (Å²) in [6.45, 7) is 1.93. The highest BCUT2D eigenvalue weighted by Crippen LogP contribution is 2.34. The summed E-state index contributed by atoms with van der Waals surface area (Å²) in [4.78, 5) is 39.5. The molecule has 0 saturated heterocycles. The first-order valence-corrected chi connectivity index (χ1v) is 10.4. The fourth-order valence-corrected chi connectivity index (χ4v) is 3.97. The lowest BCUT2D eigenvalue weighted by molar-refractivity contribution is -0.117. The predicted molar refractivity (Wildman–Crippen MR) is 122 cm³/mol. The van der Waals surface area contributed by atoms with E-state index in [1.54, 1.807) is 36.3 Å². The van der Waals surface area contributed by atoms with Gasteiger partial charge in [-0.25, -0.2) is 0 Å². The molecule has 162 valence electrons. The molecular weight excluding hydrogens is 404 g/mol. The van der Waals surface area contributed by atoms with Crippen molar-refractivity contribution in [3.63, 3.8) is 0 Å². The third-order valence-electron chi connectivity index (χ3n) is 5.66. The number of carbonyl (C=O) groups excluding carboxylic acids is 3. The van der Waals surface area contributed by atoms with Gasteiger partial charge in [0.1, 0.15) is 5.75 Å². The van der Waals surface area contributed by atoms with Crippen LogP contribution in [0, 0.1) is 0 Å². The number of hydrogen-bond donors (Lipinski definition) is 1. The van der Waals surface area contributed by atoms with Crippen LogP contribution in [0.5, 0.6) is 5.75 Å². The molecule has 3 aromatic rings. The third kappa shape index (κ3) is 4.39. The average molecular weight is 428 g/mol. The van der Waals surface area contributed by atoms with Gasteiger partial charge < -0.3 is 15.0 Å². The van der Waals surface area contributed by atoms with E-state index in [9.17, 15) is 14.4 Å². The van der Waals surface area contributed by atoms with Crippen molar-refractivity contribution in [3.05, 3.63) is 95.1 Å². The minimum Gasteiger partial charge on any atom is -0.497 e. The van der Waals surface area contributed by atoms with Crippen LogP contribution >= 0.6 is 0 Å². The maximum Gasteiger partial charge on any atom is 0.255 e. The lowest BCUT2D eigenvalue weighted by Crippen LogP contribution is -2.32. The molecule has 1 atom stereocenters. The van der Waals surface area contributed by atoms with Gasteiger partial charge in [-0.1, -0.05) is 42.5 Å². The molecule has 0 radical (unpaired) electrons. The van der Waals surface area contributed by atoms with E-state index in [0.717, 1.165) is 11.1 Å².